The molecule has 3 aromatic rings. The molecule has 0 spiro atoms. The summed E-state index contributed by atoms with van der Waals surface area (Å²) >= 11 is 1.59. The summed E-state index contributed by atoms with van der Waals surface area (Å²) in [7, 11) is 0. The third-order valence-electron chi connectivity index (χ3n) is 3.25. The lowest BCUT2D eigenvalue weighted by Crippen LogP contribution is -2.03. The molecule has 1 heterocycles. The van der Waals surface area contributed by atoms with Crippen LogP contribution in [-0.2, 0) is 6.42 Å². The van der Waals surface area contributed by atoms with Crippen molar-refractivity contribution in [1.29, 1.82) is 0 Å². The zero-order valence-corrected chi connectivity index (χ0v) is 12.6. The maximum atomic E-state index is 12.2. The molecule has 21 heavy (non-hydrogen) atoms. The van der Waals surface area contributed by atoms with Gasteiger partial charge in [-0.2, -0.15) is 0 Å². The summed E-state index contributed by atoms with van der Waals surface area (Å²) < 4.78 is 0. The molecule has 0 N–H and O–H groups in total. The van der Waals surface area contributed by atoms with E-state index in [4.69, 9.17) is 0 Å². The molecule has 0 radical (unpaired) electrons. The van der Waals surface area contributed by atoms with Gasteiger partial charge < -0.3 is 0 Å². The first-order chi connectivity index (χ1) is 10.2. The highest BCUT2D eigenvalue weighted by Gasteiger charge is 2.10. The normalized spacial score (nSPS) is 10.5. The molecule has 0 fully saturated rings. The van der Waals surface area contributed by atoms with E-state index in [9.17, 15) is 4.79 Å². The molecular formula is C18H15NOS. The first-order valence-electron chi connectivity index (χ1n) is 6.82. The number of aryl methyl sites for hydroxylation is 1. The lowest BCUT2D eigenvalue weighted by molar-refractivity contribution is 0.0992. The molecule has 0 unspecified atom stereocenters. The van der Waals surface area contributed by atoms with Crippen molar-refractivity contribution in [2.75, 3.05) is 0 Å². The molecule has 104 valence electrons. The van der Waals surface area contributed by atoms with Crippen molar-refractivity contribution in [3.05, 3.63) is 76.8 Å². The molecule has 0 aliphatic heterocycles. The summed E-state index contributed by atoms with van der Waals surface area (Å²) in [5.74, 6) is 0.108. The molecule has 2 nitrogen and oxygen atoms in total. The fourth-order valence-electron chi connectivity index (χ4n) is 2.19. The fourth-order valence-corrected chi connectivity index (χ4v) is 3.01. The number of benzene rings is 2. The summed E-state index contributed by atoms with van der Waals surface area (Å²) in [6.45, 7) is 2.07. The zero-order chi connectivity index (χ0) is 14.7. The van der Waals surface area contributed by atoms with Gasteiger partial charge in [0.2, 0.25) is 0 Å². The van der Waals surface area contributed by atoms with E-state index in [1.165, 1.54) is 5.56 Å². The molecule has 0 aliphatic carbocycles. The van der Waals surface area contributed by atoms with E-state index in [0.29, 0.717) is 6.42 Å². The molecule has 0 bridgehead atoms. The first kappa shape index (κ1) is 13.7. The fraction of sp³-hybridized carbons (Fsp3) is 0.111. The Hall–Kier alpha value is -2.26. The van der Waals surface area contributed by atoms with Crippen LogP contribution in [0.5, 0.6) is 0 Å². The van der Waals surface area contributed by atoms with Crippen LogP contribution in [0.25, 0.3) is 10.6 Å². The van der Waals surface area contributed by atoms with E-state index in [0.717, 1.165) is 21.8 Å². The number of rotatable bonds is 4. The van der Waals surface area contributed by atoms with Crippen molar-refractivity contribution in [3.63, 3.8) is 0 Å². The number of Topliss-reactive ketones (excluding diaryl/α,β-unsaturated/α-hetero) is 1. The van der Waals surface area contributed by atoms with E-state index >= 15 is 0 Å². The lowest BCUT2D eigenvalue weighted by Gasteiger charge is -1.99. The molecule has 3 rings (SSSR count). The van der Waals surface area contributed by atoms with E-state index in [1.54, 1.807) is 11.3 Å². The summed E-state index contributed by atoms with van der Waals surface area (Å²) in [5, 5.41) is 2.94. The van der Waals surface area contributed by atoms with Crippen molar-refractivity contribution in [2.24, 2.45) is 0 Å². The van der Waals surface area contributed by atoms with Crippen molar-refractivity contribution in [3.8, 4) is 10.6 Å². The Balaban J connectivity index is 1.78. The van der Waals surface area contributed by atoms with Crippen LogP contribution < -0.4 is 0 Å². The van der Waals surface area contributed by atoms with Crippen LogP contribution >= 0.6 is 11.3 Å². The van der Waals surface area contributed by atoms with Crippen LogP contribution in [0.2, 0.25) is 0 Å². The number of thiazole rings is 1. The van der Waals surface area contributed by atoms with Crippen LogP contribution in [0, 0.1) is 6.92 Å². The van der Waals surface area contributed by atoms with Crippen molar-refractivity contribution < 1.29 is 4.79 Å². The number of aromatic nitrogens is 1. The van der Waals surface area contributed by atoms with Gasteiger partial charge in [-0.15, -0.1) is 11.3 Å². The van der Waals surface area contributed by atoms with Gasteiger partial charge in [-0.25, -0.2) is 4.98 Å². The highest BCUT2D eigenvalue weighted by atomic mass is 32.1. The molecule has 3 heteroatoms. The highest BCUT2D eigenvalue weighted by Crippen LogP contribution is 2.25. The number of carbonyl (C=O) groups is 1. The molecule has 2 aromatic carbocycles. The van der Waals surface area contributed by atoms with Crippen molar-refractivity contribution in [1.82, 2.24) is 4.98 Å². The van der Waals surface area contributed by atoms with Crippen molar-refractivity contribution >= 4 is 17.1 Å². The van der Waals surface area contributed by atoms with E-state index in [2.05, 4.69) is 30.1 Å². The molecule has 0 aliphatic rings. The summed E-state index contributed by atoms with van der Waals surface area (Å²) in [5.41, 5.74) is 3.90. The van der Waals surface area contributed by atoms with Gasteiger partial charge in [0.1, 0.15) is 5.01 Å². The summed E-state index contributed by atoms with van der Waals surface area (Å²) in [6.07, 6.45) is 0.354. The standard InChI is InChI=1S/C18H15NOS/c1-13-6-5-9-15(10-13)18-19-16(12-21-18)11-17(20)14-7-3-2-4-8-14/h2-10,12H,11H2,1H3. The van der Waals surface area contributed by atoms with Crippen LogP contribution in [0.1, 0.15) is 21.6 Å². The largest absolute Gasteiger partial charge is 0.294 e. The number of ketones is 1. The highest BCUT2D eigenvalue weighted by molar-refractivity contribution is 7.13. The Kier molecular flexibility index (Phi) is 3.93. The molecule has 0 saturated heterocycles. The van der Waals surface area contributed by atoms with E-state index in [1.807, 2.05) is 41.8 Å². The van der Waals surface area contributed by atoms with Crippen LogP contribution in [0.15, 0.2) is 60.0 Å². The van der Waals surface area contributed by atoms with Crippen LogP contribution in [0.4, 0.5) is 0 Å². The maximum Gasteiger partial charge on any atom is 0.168 e. The lowest BCUT2D eigenvalue weighted by atomic mass is 10.1. The number of hydrogen-bond acceptors (Lipinski definition) is 3. The molecule has 0 amide bonds. The van der Waals surface area contributed by atoms with Crippen LogP contribution in [-0.4, -0.2) is 10.8 Å². The number of nitrogens with zero attached hydrogens (tertiary/aromatic N) is 1. The topological polar surface area (TPSA) is 30.0 Å². The van der Waals surface area contributed by atoms with Crippen LogP contribution in [0.3, 0.4) is 0 Å². The van der Waals surface area contributed by atoms with Gasteiger partial charge in [-0.1, -0.05) is 54.1 Å². The monoisotopic (exact) mass is 293 g/mol. The molecular weight excluding hydrogens is 278 g/mol. The average Bonchev–Trinajstić information content (AvgIpc) is 2.97. The quantitative estimate of drug-likeness (QED) is 0.661. The SMILES string of the molecule is Cc1cccc(-c2nc(CC(=O)c3ccccc3)cs2)c1. The van der Waals surface area contributed by atoms with E-state index in [-0.39, 0.29) is 5.78 Å². The molecule has 1 aromatic heterocycles. The minimum atomic E-state index is 0.108. The predicted octanol–water partition coefficient (Wildman–Crippen LogP) is 4.54. The van der Waals surface area contributed by atoms with Gasteiger partial charge in [0.05, 0.1) is 12.1 Å². The third-order valence-corrected chi connectivity index (χ3v) is 4.19. The molecule has 0 atom stereocenters. The summed E-state index contributed by atoms with van der Waals surface area (Å²) in [6, 6.07) is 17.6. The maximum absolute atomic E-state index is 12.2. The number of carbonyl (C=O) groups excluding carboxylic acids is 1. The Labute approximate surface area is 128 Å². The van der Waals surface area contributed by atoms with Gasteiger partial charge in [-0.05, 0) is 13.0 Å². The second-order valence-electron chi connectivity index (χ2n) is 4.98. The third kappa shape index (κ3) is 3.26. The smallest absolute Gasteiger partial charge is 0.168 e. The van der Waals surface area contributed by atoms with E-state index < -0.39 is 0 Å². The Bertz CT molecular complexity index is 762. The van der Waals surface area contributed by atoms with Gasteiger partial charge in [0, 0.05) is 16.5 Å². The molecule has 0 saturated carbocycles. The van der Waals surface area contributed by atoms with Gasteiger partial charge in [0.25, 0.3) is 0 Å². The second-order valence-corrected chi connectivity index (χ2v) is 5.84. The average molecular weight is 293 g/mol. The van der Waals surface area contributed by atoms with Crippen molar-refractivity contribution in [2.45, 2.75) is 13.3 Å². The number of hydrogen-bond donors (Lipinski definition) is 0. The summed E-state index contributed by atoms with van der Waals surface area (Å²) in [4.78, 5) is 16.8. The Morgan fingerprint density at radius 3 is 2.67 bits per heavy atom. The van der Waals surface area contributed by atoms with Gasteiger partial charge in [-0.3, -0.25) is 4.79 Å². The minimum absolute atomic E-state index is 0.108. The van der Waals surface area contributed by atoms with Gasteiger partial charge >= 0.3 is 0 Å². The predicted molar refractivity (Wildman–Crippen MR) is 86.8 cm³/mol. The minimum Gasteiger partial charge on any atom is -0.294 e. The zero-order valence-electron chi connectivity index (χ0n) is 11.7. The first-order valence-corrected chi connectivity index (χ1v) is 7.70. The second kappa shape index (κ2) is 6.02. The van der Waals surface area contributed by atoms with Gasteiger partial charge in [0.15, 0.2) is 5.78 Å². The Morgan fingerprint density at radius 2 is 1.90 bits per heavy atom. The Morgan fingerprint density at radius 1 is 1.10 bits per heavy atom.